The zero-order valence-electron chi connectivity index (χ0n) is 5.87. The molecule has 0 aliphatic carbocycles. The van der Waals surface area contributed by atoms with Gasteiger partial charge in [0.1, 0.15) is 0 Å². The van der Waals surface area contributed by atoms with E-state index in [2.05, 4.69) is 0 Å². The van der Waals surface area contributed by atoms with E-state index < -0.39 is 6.10 Å². The SMILES string of the molecule is CSCC(C)C(O)CO. The summed E-state index contributed by atoms with van der Waals surface area (Å²) in [5, 5.41) is 17.5. The molecule has 2 N–H and O–H groups in total. The Kier molecular flexibility index (Phi) is 5.24. The van der Waals surface area contributed by atoms with Crippen molar-refractivity contribution in [3.8, 4) is 0 Å². The lowest BCUT2D eigenvalue weighted by Crippen LogP contribution is -2.23. The zero-order chi connectivity index (χ0) is 7.28. The highest BCUT2D eigenvalue weighted by Gasteiger charge is 2.10. The maximum absolute atomic E-state index is 8.99. The zero-order valence-corrected chi connectivity index (χ0v) is 6.69. The van der Waals surface area contributed by atoms with Crippen LogP contribution in [0.15, 0.2) is 0 Å². The van der Waals surface area contributed by atoms with E-state index in [9.17, 15) is 0 Å². The fraction of sp³-hybridized carbons (Fsp3) is 1.00. The highest BCUT2D eigenvalue weighted by molar-refractivity contribution is 7.98. The quantitative estimate of drug-likeness (QED) is 0.607. The second kappa shape index (κ2) is 5.09. The first-order chi connectivity index (χ1) is 4.22. The Labute approximate surface area is 60.3 Å². The predicted octanol–water partition coefficient (Wildman–Crippen LogP) is 0.339. The van der Waals surface area contributed by atoms with Crippen LogP contribution in [0.1, 0.15) is 6.92 Å². The molecular weight excluding hydrogens is 136 g/mol. The molecule has 9 heavy (non-hydrogen) atoms. The van der Waals surface area contributed by atoms with Crippen molar-refractivity contribution < 1.29 is 10.2 Å². The number of hydrogen-bond acceptors (Lipinski definition) is 3. The maximum Gasteiger partial charge on any atom is 0.0804 e. The molecule has 2 nitrogen and oxygen atoms in total. The molecule has 2 atom stereocenters. The van der Waals surface area contributed by atoms with Crippen molar-refractivity contribution in [2.45, 2.75) is 13.0 Å². The van der Waals surface area contributed by atoms with Crippen molar-refractivity contribution in [3.63, 3.8) is 0 Å². The third-order valence-corrected chi connectivity index (χ3v) is 2.13. The summed E-state index contributed by atoms with van der Waals surface area (Å²) in [4.78, 5) is 0. The molecule has 56 valence electrons. The van der Waals surface area contributed by atoms with E-state index in [0.29, 0.717) is 0 Å². The van der Waals surface area contributed by atoms with Gasteiger partial charge in [0.15, 0.2) is 0 Å². The van der Waals surface area contributed by atoms with E-state index in [-0.39, 0.29) is 12.5 Å². The number of thioether (sulfide) groups is 1. The normalized spacial score (nSPS) is 17.3. The van der Waals surface area contributed by atoms with Crippen molar-refractivity contribution in [3.05, 3.63) is 0 Å². The van der Waals surface area contributed by atoms with Gasteiger partial charge in [-0.25, -0.2) is 0 Å². The van der Waals surface area contributed by atoms with E-state index in [1.165, 1.54) is 0 Å². The fourth-order valence-electron chi connectivity index (χ4n) is 0.554. The maximum atomic E-state index is 8.99. The lowest BCUT2D eigenvalue weighted by atomic mass is 10.1. The van der Waals surface area contributed by atoms with Crippen LogP contribution in [-0.4, -0.2) is 34.9 Å². The minimum atomic E-state index is -0.544. The molecule has 0 aromatic carbocycles. The van der Waals surface area contributed by atoms with Crippen molar-refractivity contribution in [1.29, 1.82) is 0 Å². The molecule has 0 spiro atoms. The van der Waals surface area contributed by atoms with Gasteiger partial charge in [-0.2, -0.15) is 11.8 Å². The van der Waals surface area contributed by atoms with Crippen LogP contribution in [0.4, 0.5) is 0 Å². The molecule has 0 bridgehead atoms. The summed E-state index contributed by atoms with van der Waals surface area (Å²) in [6.07, 6.45) is 1.44. The highest BCUT2D eigenvalue weighted by atomic mass is 32.2. The van der Waals surface area contributed by atoms with E-state index in [4.69, 9.17) is 10.2 Å². The Balaban J connectivity index is 3.32. The van der Waals surface area contributed by atoms with Crippen LogP contribution < -0.4 is 0 Å². The molecule has 0 heterocycles. The average Bonchev–Trinajstić information content (AvgIpc) is 1.87. The van der Waals surface area contributed by atoms with Gasteiger partial charge in [-0.15, -0.1) is 0 Å². The van der Waals surface area contributed by atoms with Crippen molar-refractivity contribution >= 4 is 11.8 Å². The summed E-state index contributed by atoms with van der Waals surface area (Å²) in [7, 11) is 0. The van der Waals surface area contributed by atoms with Gasteiger partial charge in [0, 0.05) is 0 Å². The molecule has 0 radical (unpaired) electrons. The smallest absolute Gasteiger partial charge is 0.0804 e. The van der Waals surface area contributed by atoms with Crippen LogP contribution in [0.3, 0.4) is 0 Å². The van der Waals surface area contributed by atoms with E-state index in [1.807, 2.05) is 13.2 Å². The van der Waals surface area contributed by atoms with Gasteiger partial charge in [-0.1, -0.05) is 6.92 Å². The van der Waals surface area contributed by atoms with Gasteiger partial charge >= 0.3 is 0 Å². The number of hydrogen-bond donors (Lipinski definition) is 2. The van der Waals surface area contributed by atoms with E-state index >= 15 is 0 Å². The van der Waals surface area contributed by atoms with Gasteiger partial charge in [0.05, 0.1) is 12.7 Å². The molecule has 0 aromatic heterocycles. The highest BCUT2D eigenvalue weighted by Crippen LogP contribution is 2.08. The number of rotatable bonds is 4. The Bertz CT molecular complexity index is 68.1. The van der Waals surface area contributed by atoms with Crippen LogP contribution in [0, 0.1) is 5.92 Å². The van der Waals surface area contributed by atoms with Crippen LogP contribution >= 0.6 is 11.8 Å². The number of aliphatic hydroxyl groups is 2. The minimum absolute atomic E-state index is 0.123. The van der Waals surface area contributed by atoms with Crippen LogP contribution in [0.25, 0.3) is 0 Å². The summed E-state index contributed by atoms with van der Waals surface area (Å²) in [6, 6.07) is 0. The Morgan fingerprint density at radius 1 is 1.56 bits per heavy atom. The molecule has 0 saturated heterocycles. The summed E-state index contributed by atoms with van der Waals surface area (Å²) in [5.74, 6) is 1.10. The van der Waals surface area contributed by atoms with E-state index in [0.717, 1.165) is 5.75 Å². The van der Waals surface area contributed by atoms with Gasteiger partial charge in [0.25, 0.3) is 0 Å². The largest absolute Gasteiger partial charge is 0.394 e. The molecule has 0 aliphatic heterocycles. The van der Waals surface area contributed by atoms with E-state index in [1.54, 1.807) is 11.8 Å². The average molecular weight is 150 g/mol. The van der Waals surface area contributed by atoms with Crippen LogP contribution in [0.2, 0.25) is 0 Å². The predicted molar refractivity (Wildman–Crippen MR) is 40.6 cm³/mol. The minimum Gasteiger partial charge on any atom is -0.394 e. The van der Waals surface area contributed by atoms with Crippen molar-refractivity contribution in [2.75, 3.05) is 18.6 Å². The number of aliphatic hydroxyl groups excluding tert-OH is 2. The molecule has 0 aliphatic rings. The van der Waals surface area contributed by atoms with Crippen molar-refractivity contribution in [1.82, 2.24) is 0 Å². The summed E-state index contributed by atoms with van der Waals surface area (Å²) in [6.45, 7) is 1.80. The third-order valence-electron chi connectivity index (χ3n) is 1.27. The summed E-state index contributed by atoms with van der Waals surface area (Å²) >= 11 is 1.68. The van der Waals surface area contributed by atoms with Crippen LogP contribution in [-0.2, 0) is 0 Å². The second-order valence-electron chi connectivity index (χ2n) is 2.18. The molecule has 0 aromatic rings. The van der Waals surface area contributed by atoms with Gasteiger partial charge in [0.2, 0.25) is 0 Å². The Morgan fingerprint density at radius 3 is 2.44 bits per heavy atom. The molecule has 3 heteroatoms. The topological polar surface area (TPSA) is 40.5 Å². The molecular formula is C6H14O2S. The lowest BCUT2D eigenvalue weighted by Gasteiger charge is -2.14. The monoisotopic (exact) mass is 150 g/mol. The van der Waals surface area contributed by atoms with Crippen LogP contribution in [0.5, 0.6) is 0 Å². The van der Waals surface area contributed by atoms with Gasteiger partial charge in [-0.05, 0) is 17.9 Å². The van der Waals surface area contributed by atoms with Crippen molar-refractivity contribution in [2.24, 2.45) is 5.92 Å². The Hall–Kier alpha value is 0.270. The lowest BCUT2D eigenvalue weighted by molar-refractivity contribution is 0.0612. The fourth-order valence-corrected chi connectivity index (χ4v) is 1.30. The van der Waals surface area contributed by atoms with Gasteiger partial charge < -0.3 is 10.2 Å². The molecule has 0 rings (SSSR count). The molecule has 0 fully saturated rings. The second-order valence-corrected chi connectivity index (χ2v) is 3.09. The summed E-state index contributed by atoms with van der Waals surface area (Å²) < 4.78 is 0. The first kappa shape index (κ1) is 9.27. The first-order valence-corrected chi connectivity index (χ1v) is 4.39. The Morgan fingerprint density at radius 2 is 2.11 bits per heavy atom. The molecule has 0 saturated carbocycles. The molecule has 0 amide bonds. The molecule has 2 unspecified atom stereocenters. The van der Waals surface area contributed by atoms with Gasteiger partial charge in [-0.3, -0.25) is 0 Å². The first-order valence-electron chi connectivity index (χ1n) is 3.00. The standard InChI is InChI=1S/C6H14O2S/c1-5(4-9-2)6(8)3-7/h5-8H,3-4H2,1-2H3. The third kappa shape index (κ3) is 3.78. The summed E-state index contributed by atoms with van der Waals surface area (Å²) in [5.41, 5.74) is 0.